The summed E-state index contributed by atoms with van der Waals surface area (Å²) in [4.78, 5) is 15.5. The molecule has 0 aliphatic rings. The lowest BCUT2D eigenvalue weighted by Gasteiger charge is -2.16. The predicted molar refractivity (Wildman–Crippen MR) is 204 cm³/mol. The molecule has 0 spiro atoms. The maximum atomic E-state index is 9.46. The van der Waals surface area contributed by atoms with E-state index in [1.165, 1.54) is 0 Å². The third kappa shape index (κ3) is 5.51. The Morgan fingerprint density at radius 2 is 1.02 bits per heavy atom. The van der Waals surface area contributed by atoms with E-state index in [-0.39, 0.29) is 0 Å². The lowest BCUT2D eigenvalue weighted by atomic mass is 9.90. The summed E-state index contributed by atoms with van der Waals surface area (Å²) >= 11 is 0. The molecule has 0 saturated carbocycles. The number of rotatable bonds is 6. The van der Waals surface area contributed by atoms with E-state index in [2.05, 4.69) is 60.7 Å². The van der Waals surface area contributed by atoms with Crippen molar-refractivity contribution in [3.63, 3.8) is 0 Å². The van der Waals surface area contributed by atoms with Gasteiger partial charge in [-0.1, -0.05) is 140 Å². The molecule has 0 radical (unpaired) electrons. The van der Waals surface area contributed by atoms with Gasteiger partial charge in [0.1, 0.15) is 11.2 Å². The highest BCUT2D eigenvalue weighted by Crippen LogP contribution is 2.44. The number of nitriles is 1. The van der Waals surface area contributed by atoms with Gasteiger partial charge in [-0.05, 0) is 63.7 Å². The van der Waals surface area contributed by atoms with Crippen molar-refractivity contribution < 1.29 is 4.42 Å². The van der Waals surface area contributed by atoms with E-state index in [0.29, 0.717) is 28.6 Å². The molecule has 51 heavy (non-hydrogen) atoms. The van der Waals surface area contributed by atoms with E-state index in [4.69, 9.17) is 19.4 Å². The molecular weight excluding hydrogens is 625 g/mol. The highest BCUT2D eigenvalue weighted by atomic mass is 16.3. The normalized spacial score (nSPS) is 11.1. The molecule has 0 amide bonds. The topological polar surface area (TPSA) is 75.6 Å². The number of aromatic nitrogens is 3. The van der Waals surface area contributed by atoms with E-state index in [0.717, 1.165) is 66.4 Å². The highest BCUT2D eigenvalue weighted by Gasteiger charge is 2.23. The van der Waals surface area contributed by atoms with Gasteiger partial charge in [0, 0.05) is 21.9 Å². The second-order valence-electron chi connectivity index (χ2n) is 12.3. The minimum Gasteiger partial charge on any atom is -0.455 e. The number of para-hydroxylation sites is 1. The van der Waals surface area contributed by atoms with E-state index in [1.54, 1.807) is 0 Å². The van der Waals surface area contributed by atoms with Gasteiger partial charge in [0.25, 0.3) is 0 Å². The molecule has 9 rings (SSSR count). The summed E-state index contributed by atoms with van der Waals surface area (Å²) in [6.45, 7) is 0. The number of hydrogen-bond donors (Lipinski definition) is 0. The Hall–Kier alpha value is -7.16. The first-order valence-corrected chi connectivity index (χ1v) is 16.8. The maximum absolute atomic E-state index is 9.46. The quantitative estimate of drug-likeness (QED) is 0.179. The zero-order chi connectivity index (χ0) is 34.1. The maximum Gasteiger partial charge on any atom is 0.168 e. The van der Waals surface area contributed by atoms with Crippen molar-refractivity contribution in [3.05, 3.63) is 175 Å². The summed E-state index contributed by atoms with van der Waals surface area (Å²) in [6.07, 6.45) is 0. The van der Waals surface area contributed by atoms with Crippen LogP contribution in [0.1, 0.15) is 5.56 Å². The first-order chi connectivity index (χ1) is 25.2. The Morgan fingerprint density at radius 3 is 1.78 bits per heavy atom. The van der Waals surface area contributed by atoms with Crippen LogP contribution >= 0.6 is 0 Å². The number of furan rings is 1. The molecule has 0 unspecified atom stereocenters. The molecule has 2 aromatic heterocycles. The van der Waals surface area contributed by atoms with E-state index >= 15 is 0 Å². The monoisotopic (exact) mass is 652 g/mol. The average molecular weight is 653 g/mol. The molecule has 5 nitrogen and oxygen atoms in total. The molecule has 238 valence electrons. The van der Waals surface area contributed by atoms with Crippen LogP contribution in [-0.4, -0.2) is 15.0 Å². The highest BCUT2D eigenvalue weighted by molar-refractivity contribution is 6.12. The average Bonchev–Trinajstić information content (AvgIpc) is 3.60. The minimum absolute atomic E-state index is 0.512. The van der Waals surface area contributed by atoms with Gasteiger partial charge in [-0.25, -0.2) is 15.0 Å². The van der Waals surface area contributed by atoms with Gasteiger partial charge in [0.15, 0.2) is 17.5 Å². The van der Waals surface area contributed by atoms with Crippen LogP contribution in [-0.2, 0) is 0 Å². The van der Waals surface area contributed by atoms with Crippen molar-refractivity contribution in [1.82, 2.24) is 15.0 Å². The first-order valence-electron chi connectivity index (χ1n) is 16.8. The first kappa shape index (κ1) is 29.9. The summed E-state index contributed by atoms with van der Waals surface area (Å²) in [5.74, 6) is 1.65. The SMILES string of the molecule is N#Cc1ccc(-c2ccccc2-c2ccc3c(oc4ccccc43)c2-c2nc(-c3ccccc3)nc(-c3cccc(-c4ccccc4)c3)n2)cc1. The third-order valence-corrected chi connectivity index (χ3v) is 9.21. The van der Waals surface area contributed by atoms with Gasteiger partial charge >= 0.3 is 0 Å². The van der Waals surface area contributed by atoms with Crippen LogP contribution in [0.25, 0.3) is 89.5 Å². The van der Waals surface area contributed by atoms with Gasteiger partial charge in [-0.15, -0.1) is 0 Å². The van der Waals surface area contributed by atoms with Crippen molar-refractivity contribution in [2.45, 2.75) is 0 Å². The van der Waals surface area contributed by atoms with Gasteiger partial charge < -0.3 is 4.42 Å². The summed E-state index contributed by atoms with van der Waals surface area (Å²) in [6, 6.07) is 59.2. The van der Waals surface area contributed by atoms with E-state index in [9.17, 15) is 5.26 Å². The molecule has 7 aromatic carbocycles. The van der Waals surface area contributed by atoms with Crippen LogP contribution < -0.4 is 0 Å². The van der Waals surface area contributed by atoms with Gasteiger partial charge in [-0.2, -0.15) is 5.26 Å². The van der Waals surface area contributed by atoms with Crippen molar-refractivity contribution in [1.29, 1.82) is 5.26 Å². The molecule has 0 fully saturated rings. The van der Waals surface area contributed by atoms with Crippen molar-refractivity contribution in [2.75, 3.05) is 0 Å². The lowest BCUT2D eigenvalue weighted by Crippen LogP contribution is -2.02. The molecule has 0 bridgehead atoms. The Bertz CT molecular complexity index is 2750. The second-order valence-corrected chi connectivity index (χ2v) is 12.3. The fraction of sp³-hybridized carbons (Fsp3) is 0. The van der Waals surface area contributed by atoms with Crippen LogP contribution in [0, 0.1) is 11.3 Å². The Labute approximate surface area is 294 Å². The van der Waals surface area contributed by atoms with Crippen molar-refractivity contribution >= 4 is 21.9 Å². The largest absolute Gasteiger partial charge is 0.455 e. The van der Waals surface area contributed by atoms with Crippen molar-refractivity contribution in [3.8, 4) is 73.6 Å². The molecule has 5 heteroatoms. The van der Waals surface area contributed by atoms with Crippen molar-refractivity contribution in [2.24, 2.45) is 0 Å². The number of nitrogens with zero attached hydrogens (tertiary/aromatic N) is 4. The Balaban J connectivity index is 1.34. The Morgan fingerprint density at radius 1 is 0.412 bits per heavy atom. The van der Waals surface area contributed by atoms with E-state index < -0.39 is 0 Å². The zero-order valence-corrected chi connectivity index (χ0v) is 27.4. The second kappa shape index (κ2) is 12.7. The van der Waals surface area contributed by atoms with Crippen LogP contribution in [0.5, 0.6) is 0 Å². The van der Waals surface area contributed by atoms with Gasteiger partial charge in [0.2, 0.25) is 0 Å². The number of benzene rings is 7. The number of hydrogen-bond acceptors (Lipinski definition) is 5. The molecule has 0 aliphatic carbocycles. The fourth-order valence-corrected chi connectivity index (χ4v) is 6.73. The van der Waals surface area contributed by atoms with E-state index in [1.807, 2.05) is 115 Å². The van der Waals surface area contributed by atoms with Crippen LogP contribution in [0.3, 0.4) is 0 Å². The molecule has 0 N–H and O–H groups in total. The predicted octanol–water partition coefficient (Wildman–Crippen LogP) is 11.6. The molecular formula is C46H28N4O. The summed E-state index contributed by atoms with van der Waals surface area (Å²) in [5, 5.41) is 11.5. The van der Waals surface area contributed by atoms with Gasteiger partial charge in [-0.3, -0.25) is 0 Å². The molecule has 2 heterocycles. The molecule has 0 atom stereocenters. The molecule has 9 aromatic rings. The summed E-state index contributed by atoms with van der Waals surface area (Å²) < 4.78 is 6.71. The van der Waals surface area contributed by atoms with Crippen LogP contribution in [0.2, 0.25) is 0 Å². The molecule has 0 saturated heterocycles. The fourth-order valence-electron chi connectivity index (χ4n) is 6.73. The summed E-state index contributed by atoms with van der Waals surface area (Å²) in [5.41, 5.74) is 10.8. The number of fused-ring (bicyclic) bond motifs is 3. The van der Waals surface area contributed by atoms with Crippen LogP contribution in [0.4, 0.5) is 0 Å². The van der Waals surface area contributed by atoms with Gasteiger partial charge in [0.05, 0.1) is 17.2 Å². The third-order valence-electron chi connectivity index (χ3n) is 9.21. The molecule has 0 aliphatic heterocycles. The smallest absolute Gasteiger partial charge is 0.168 e. The summed E-state index contributed by atoms with van der Waals surface area (Å²) in [7, 11) is 0. The van der Waals surface area contributed by atoms with Crippen LogP contribution in [0.15, 0.2) is 174 Å². The Kier molecular flexibility index (Phi) is 7.46. The zero-order valence-electron chi connectivity index (χ0n) is 27.4. The standard InChI is InChI=1S/C46H28N4O/c47-29-30-22-24-32(25-23-30)36-18-7-8-19-37(36)39-26-27-40-38-20-9-10-21-41(38)51-43(40)42(39)46-49-44(33-14-5-2-6-15-33)48-45(50-46)35-17-11-16-34(28-35)31-12-3-1-4-13-31/h1-28H. The lowest BCUT2D eigenvalue weighted by molar-refractivity contribution is 0.669. The minimum atomic E-state index is 0.512.